The van der Waals surface area contributed by atoms with Gasteiger partial charge in [-0.3, -0.25) is 4.90 Å². The molecule has 21 heavy (non-hydrogen) atoms. The first-order valence-corrected chi connectivity index (χ1v) is 9.05. The van der Waals surface area contributed by atoms with E-state index < -0.39 is 0 Å². The zero-order valence-electron chi connectivity index (χ0n) is 12.9. The molecule has 0 radical (unpaired) electrons. The van der Waals surface area contributed by atoms with Crippen LogP contribution in [0.15, 0.2) is 22.7 Å². The third-order valence-corrected chi connectivity index (χ3v) is 5.12. The number of rotatable bonds is 6. The van der Waals surface area contributed by atoms with Crippen LogP contribution in [0.25, 0.3) is 0 Å². The molecular formula is C17H26BrN3. The largest absolute Gasteiger partial charge is 0.368 e. The van der Waals surface area contributed by atoms with Crippen LogP contribution in [0.1, 0.15) is 31.7 Å². The van der Waals surface area contributed by atoms with Gasteiger partial charge in [0.05, 0.1) is 5.69 Å². The lowest BCUT2D eigenvalue weighted by atomic mass is 10.1. The van der Waals surface area contributed by atoms with Gasteiger partial charge >= 0.3 is 0 Å². The summed E-state index contributed by atoms with van der Waals surface area (Å²) in [6.07, 6.45) is 4.02. The van der Waals surface area contributed by atoms with E-state index in [2.05, 4.69) is 56.2 Å². The van der Waals surface area contributed by atoms with Crippen LogP contribution in [0.4, 0.5) is 5.69 Å². The van der Waals surface area contributed by atoms with Crippen molar-refractivity contribution in [3.63, 3.8) is 0 Å². The average molecular weight is 352 g/mol. The fourth-order valence-corrected chi connectivity index (χ4v) is 3.77. The molecule has 1 aromatic carbocycles. The fourth-order valence-electron chi connectivity index (χ4n) is 3.09. The monoisotopic (exact) mass is 351 g/mol. The maximum Gasteiger partial charge on any atom is 0.0511 e. The van der Waals surface area contributed by atoms with Crippen LogP contribution in [-0.4, -0.2) is 43.7 Å². The number of nitrogens with zero attached hydrogens (tertiary/aromatic N) is 2. The van der Waals surface area contributed by atoms with Gasteiger partial charge in [-0.05, 0) is 59.4 Å². The smallest absolute Gasteiger partial charge is 0.0511 e. The Kier molecular flexibility index (Phi) is 5.19. The maximum absolute atomic E-state index is 3.76. The zero-order valence-corrected chi connectivity index (χ0v) is 14.5. The van der Waals surface area contributed by atoms with E-state index in [-0.39, 0.29) is 0 Å². The zero-order chi connectivity index (χ0) is 14.7. The second kappa shape index (κ2) is 7.12. The Balaban J connectivity index is 1.57. The van der Waals surface area contributed by atoms with E-state index in [9.17, 15) is 0 Å². The first-order valence-electron chi connectivity index (χ1n) is 8.26. The molecule has 3 nitrogen and oxygen atoms in total. The molecule has 0 bridgehead atoms. The molecule has 3 rings (SSSR count). The van der Waals surface area contributed by atoms with Crippen LogP contribution in [0, 0.1) is 0 Å². The molecule has 0 unspecified atom stereocenters. The summed E-state index contributed by atoms with van der Waals surface area (Å²) in [5.41, 5.74) is 2.71. The van der Waals surface area contributed by atoms with E-state index in [1.54, 1.807) is 0 Å². The molecule has 1 N–H and O–H groups in total. The number of benzene rings is 1. The standard InChI is InChI=1S/C17H26BrN3/c1-2-7-19-13-14-3-6-17(16(18)12-14)21-10-8-20(9-11-21)15-4-5-15/h3,6,12,15,19H,2,4-5,7-11,13H2,1H3. The van der Waals surface area contributed by atoms with Gasteiger partial charge in [-0.25, -0.2) is 0 Å². The van der Waals surface area contributed by atoms with Crippen LogP contribution in [0.5, 0.6) is 0 Å². The minimum atomic E-state index is 0.905. The molecule has 1 aromatic rings. The summed E-state index contributed by atoms with van der Waals surface area (Å²) in [5.74, 6) is 0. The Hall–Kier alpha value is -0.580. The highest BCUT2D eigenvalue weighted by Gasteiger charge is 2.31. The Morgan fingerprint density at radius 3 is 2.57 bits per heavy atom. The molecule has 0 amide bonds. The molecule has 2 fully saturated rings. The first kappa shape index (κ1) is 15.3. The molecular weight excluding hydrogens is 326 g/mol. The minimum Gasteiger partial charge on any atom is -0.368 e. The second-order valence-electron chi connectivity index (χ2n) is 6.22. The Bertz CT molecular complexity index is 465. The molecule has 1 saturated heterocycles. The lowest BCUT2D eigenvalue weighted by molar-refractivity contribution is 0.248. The maximum atomic E-state index is 3.76. The van der Waals surface area contributed by atoms with Crippen LogP contribution in [-0.2, 0) is 6.54 Å². The van der Waals surface area contributed by atoms with Crippen molar-refractivity contribution in [1.82, 2.24) is 10.2 Å². The van der Waals surface area contributed by atoms with Crippen molar-refractivity contribution < 1.29 is 0 Å². The van der Waals surface area contributed by atoms with Crippen molar-refractivity contribution in [2.45, 2.75) is 38.8 Å². The van der Waals surface area contributed by atoms with Gasteiger partial charge in [0.2, 0.25) is 0 Å². The number of hydrogen-bond acceptors (Lipinski definition) is 3. The number of piperazine rings is 1. The van der Waals surface area contributed by atoms with Gasteiger partial charge < -0.3 is 10.2 Å². The summed E-state index contributed by atoms with van der Waals surface area (Å²) in [7, 11) is 0. The Morgan fingerprint density at radius 1 is 1.19 bits per heavy atom. The van der Waals surface area contributed by atoms with E-state index in [1.165, 1.54) is 48.1 Å². The van der Waals surface area contributed by atoms with Crippen molar-refractivity contribution in [2.75, 3.05) is 37.6 Å². The van der Waals surface area contributed by atoms with Gasteiger partial charge in [-0.1, -0.05) is 13.0 Å². The lowest BCUT2D eigenvalue weighted by Crippen LogP contribution is -2.47. The predicted molar refractivity (Wildman–Crippen MR) is 92.9 cm³/mol. The number of nitrogens with one attached hydrogen (secondary N) is 1. The predicted octanol–water partition coefficient (Wildman–Crippen LogP) is 3.23. The van der Waals surface area contributed by atoms with Gasteiger partial charge in [-0.15, -0.1) is 0 Å². The lowest BCUT2D eigenvalue weighted by Gasteiger charge is -2.36. The number of anilines is 1. The van der Waals surface area contributed by atoms with Crippen molar-refractivity contribution >= 4 is 21.6 Å². The normalized spacial score (nSPS) is 20.0. The molecule has 0 atom stereocenters. The van der Waals surface area contributed by atoms with Gasteiger partial charge in [0, 0.05) is 43.2 Å². The number of hydrogen-bond donors (Lipinski definition) is 1. The van der Waals surface area contributed by atoms with Gasteiger partial charge in [-0.2, -0.15) is 0 Å². The molecule has 1 aliphatic heterocycles. The Morgan fingerprint density at radius 2 is 1.95 bits per heavy atom. The molecule has 1 aliphatic carbocycles. The summed E-state index contributed by atoms with van der Waals surface area (Å²) in [6, 6.07) is 7.71. The molecule has 0 spiro atoms. The second-order valence-corrected chi connectivity index (χ2v) is 7.07. The summed E-state index contributed by atoms with van der Waals surface area (Å²) in [4.78, 5) is 5.18. The quantitative estimate of drug-likeness (QED) is 0.793. The van der Waals surface area contributed by atoms with Gasteiger partial charge in [0.25, 0.3) is 0 Å². The molecule has 1 saturated carbocycles. The minimum absolute atomic E-state index is 0.905. The number of halogens is 1. The summed E-state index contributed by atoms with van der Waals surface area (Å²) in [6.45, 7) is 9.00. The fraction of sp³-hybridized carbons (Fsp3) is 0.647. The Labute approximate surface area is 136 Å². The van der Waals surface area contributed by atoms with E-state index in [4.69, 9.17) is 0 Å². The summed E-state index contributed by atoms with van der Waals surface area (Å²) in [5, 5.41) is 3.46. The van der Waals surface area contributed by atoms with Crippen LogP contribution < -0.4 is 10.2 Å². The molecule has 1 heterocycles. The third-order valence-electron chi connectivity index (χ3n) is 4.49. The SMILES string of the molecule is CCCNCc1ccc(N2CCN(C3CC3)CC2)c(Br)c1. The molecule has 116 valence electrons. The van der Waals surface area contributed by atoms with Crippen LogP contribution in [0.2, 0.25) is 0 Å². The van der Waals surface area contributed by atoms with Crippen molar-refractivity contribution in [1.29, 1.82) is 0 Å². The van der Waals surface area contributed by atoms with Crippen molar-refractivity contribution in [2.24, 2.45) is 0 Å². The van der Waals surface area contributed by atoms with Gasteiger partial charge in [0.1, 0.15) is 0 Å². The highest BCUT2D eigenvalue weighted by molar-refractivity contribution is 9.10. The van der Waals surface area contributed by atoms with Crippen LogP contribution in [0.3, 0.4) is 0 Å². The van der Waals surface area contributed by atoms with Gasteiger partial charge in [0.15, 0.2) is 0 Å². The van der Waals surface area contributed by atoms with Crippen molar-refractivity contribution in [3.05, 3.63) is 28.2 Å². The summed E-state index contributed by atoms with van der Waals surface area (Å²) < 4.78 is 1.23. The van der Waals surface area contributed by atoms with Crippen molar-refractivity contribution in [3.8, 4) is 0 Å². The first-order chi connectivity index (χ1) is 10.3. The third kappa shape index (κ3) is 3.99. The van der Waals surface area contributed by atoms with Crippen LogP contribution >= 0.6 is 15.9 Å². The summed E-state index contributed by atoms with van der Waals surface area (Å²) >= 11 is 3.76. The van der Waals surface area contributed by atoms with E-state index in [0.29, 0.717) is 0 Å². The highest BCUT2D eigenvalue weighted by atomic mass is 79.9. The van der Waals surface area contributed by atoms with E-state index in [0.717, 1.165) is 32.2 Å². The average Bonchev–Trinajstić information content (AvgIpc) is 3.33. The molecule has 4 heteroatoms. The van der Waals surface area contributed by atoms with E-state index >= 15 is 0 Å². The highest BCUT2D eigenvalue weighted by Crippen LogP contribution is 2.31. The van der Waals surface area contributed by atoms with E-state index in [1.807, 2.05) is 0 Å². The molecule has 0 aromatic heterocycles. The topological polar surface area (TPSA) is 18.5 Å². The molecule has 2 aliphatic rings.